The molecule has 1 fully saturated rings. The average molecular weight is 328 g/mol. The number of nitrogens with zero attached hydrogens (tertiary/aromatic N) is 8. The van der Waals surface area contributed by atoms with Crippen LogP contribution in [-0.2, 0) is 7.05 Å². The smallest absolute Gasteiger partial charge is 0.324 e. The predicted octanol–water partition coefficient (Wildman–Crippen LogP) is 1.20. The maximum absolute atomic E-state index is 5.39. The lowest BCUT2D eigenvalue weighted by Crippen LogP contribution is -2.47. The number of rotatable bonds is 3. The number of hydrogen-bond donors (Lipinski definition) is 0. The summed E-state index contributed by atoms with van der Waals surface area (Å²) in [5, 5.41) is 9.30. The molecule has 3 aromatic heterocycles. The zero-order chi connectivity index (χ0) is 16.7. The predicted molar refractivity (Wildman–Crippen MR) is 89.1 cm³/mol. The Bertz CT molecular complexity index is 846. The zero-order valence-electron chi connectivity index (χ0n) is 14.0. The summed E-state index contributed by atoms with van der Waals surface area (Å²) >= 11 is 0. The molecule has 1 aliphatic heterocycles. The van der Waals surface area contributed by atoms with Crippen LogP contribution in [0.4, 0.5) is 11.8 Å². The molecule has 0 amide bonds. The van der Waals surface area contributed by atoms with Crippen LogP contribution in [-0.4, -0.2) is 56.1 Å². The molecule has 9 heteroatoms. The van der Waals surface area contributed by atoms with Crippen molar-refractivity contribution in [2.75, 3.05) is 36.0 Å². The number of aromatic nitrogens is 6. The van der Waals surface area contributed by atoms with Crippen molar-refractivity contribution in [1.29, 1.82) is 0 Å². The lowest BCUT2D eigenvalue weighted by atomic mass is 10.2. The quantitative estimate of drug-likeness (QED) is 0.708. The first kappa shape index (κ1) is 14.9. The van der Waals surface area contributed by atoms with E-state index >= 15 is 0 Å². The van der Waals surface area contributed by atoms with Crippen LogP contribution >= 0.6 is 0 Å². The fourth-order valence-corrected chi connectivity index (χ4v) is 2.90. The molecule has 0 atom stereocenters. The molecule has 9 nitrogen and oxygen atoms in total. The van der Waals surface area contributed by atoms with Gasteiger partial charge < -0.3 is 14.3 Å². The summed E-state index contributed by atoms with van der Waals surface area (Å²) in [5.41, 5.74) is 0.848. The molecule has 1 aliphatic rings. The second kappa shape index (κ2) is 5.73. The standard InChI is InChI=1S/C15H20N8O/c1-10(2)12-19-15(24-20-12)23-6-4-22(5-7-23)14-11-8-18-21(3)13(11)16-9-17-14/h8-10H,4-7H2,1-3H3. The maximum atomic E-state index is 5.39. The summed E-state index contributed by atoms with van der Waals surface area (Å²) < 4.78 is 7.15. The van der Waals surface area contributed by atoms with Crippen LogP contribution in [0.25, 0.3) is 11.0 Å². The Hall–Kier alpha value is -2.71. The Morgan fingerprint density at radius 1 is 1.08 bits per heavy atom. The van der Waals surface area contributed by atoms with Crippen LogP contribution in [0.3, 0.4) is 0 Å². The monoisotopic (exact) mass is 328 g/mol. The molecule has 126 valence electrons. The van der Waals surface area contributed by atoms with Crippen LogP contribution in [0.5, 0.6) is 0 Å². The van der Waals surface area contributed by atoms with E-state index in [1.165, 1.54) is 0 Å². The van der Waals surface area contributed by atoms with E-state index < -0.39 is 0 Å². The van der Waals surface area contributed by atoms with Crippen LogP contribution in [0.15, 0.2) is 17.0 Å². The van der Waals surface area contributed by atoms with E-state index in [4.69, 9.17) is 4.52 Å². The van der Waals surface area contributed by atoms with Crippen molar-refractivity contribution in [2.45, 2.75) is 19.8 Å². The lowest BCUT2D eigenvalue weighted by molar-refractivity contribution is 0.400. The minimum absolute atomic E-state index is 0.267. The van der Waals surface area contributed by atoms with Gasteiger partial charge >= 0.3 is 6.01 Å². The normalized spacial score (nSPS) is 15.7. The third kappa shape index (κ3) is 2.45. The van der Waals surface area contributed by atoms with Crippen LogP contribution in [0.1, 0.15) is 25.6 Å². The van der Waals surface area contributed by atoms with Crippen LogP contribution < -0.4 is 9.80 Å². The molecule has 0 aromatic carbocycles. The molecule has 3 aromatic rings. The van der Waals surface area contributed by atoms with E-state index in [2.05, 4.69) is 48.9 Å². The molecule has 1 saturated heterocycles. The number of piperazine rings is 1. The van der Waals surface area contributed by atoms with Gasteiger partial charge in [0.2, 0.25) is 0 Å². The largest absolute Gasteiger partial charge is 0.352 e. The van der Waals surface area contributed by atoms with Gasteiger partial charge in [-0.25, -0.2) is 9.97 Å². The lowest BCUT2D eigenvalue weighted by Gasteiger charge is -2.34. The molecule has 0 unspecified atom stereocenters. The minimum atomic E-state index is 0.267. The van der Waals surface area contributed by atoms with Gasteiger partial charge in [0, 0.05) is 39.1 Å². The fourth-order valence-electron chi connectivity index (χ4n) is 2.90. The van der Waals surface area contributed by atoms with E-state index in [1.807, 2.05) is 13.2 Å². The summed E-state index contributed by atoms with van der Waals surface area (Å²) in [6.07, 6.45) is 3.42. The zero-order valence-corrected chi connectivity index (χ0v) is 14.0. The second-order valence-electron chi connectivity index (χ2n) is 6.27. The van der Waals surface area contributed by atoms with Gasteiger partial charge in [-0.05, 0) is 0 Å². The van der Waals surface area contributed by atoms with Crippen molar-refractivity contribution in [2.24, 2.45) is 7.05 Å². The summed E-state index contributed by atoms with van der Waals surface area (Å²) in [6.45, 7) is 7.40. The molecule has 24 heavy (non-hydrogen) atoms. The third-order valence-electron chi connectivity index (χ3n) is 4.31. The molecule has 0 radical (unpaired) electrons. The van der Waals surface area contributed by atoms with Crippen molar-refractivity contribution >= 4 is 22.9 Å². The Morgan fingerprint density at radius 3 is 2.54 bits per heavy atom. The van der Waals surface area contributed by atoms with Crippen molar-refractivity contribution in [1.82, 2.24) is 29.9 Å². The van der Waals surface area contributed by atoms with Gasteiger partial charge in [-0.15, -0.1) is 0 Å². The first-order valence-corrected chi connectivity index (χ1v) is 8.09. The topological polar surface area (TPSA) is 89.0 Å². The summed E-state index contributed by atoms with van der Waals surface area (Å²) in [4.78, 5) is 17.6. The highest BCUT2D eigenvalue weighted by molar-refractivity contribution is 5.86. The van der Waals surface area contributed by atoms with Crippen molar-refractivity contribution in [3.63, 3.8) is 0 Å². The van der Waals surface area contributed by atoms with E-state index in [0.29, 0.717) is 6.01 Å². The van der Waals surface area contributed by atoms with Crippen molar-refractivity contribution < 1.29 is 4.52 Å². The van der Waals surface area contributed by atoms with Crippen LogP contribution in [0, 0.1) is 0 Å². The van der Waals surface area contributed by atoms with Gasteiger partial charge in [-0.3, -0.25) is 4.68 Å². The third-order valence-corrected chi connectivity index (χ3v) is 4.31. The van der Waals surface area contributed by atoms with Crippen molar-refractivity contribution in [3.8, 4) is 0 Å². The van der Waals surface area contributed by atoms with Gasteiger partial charge in [-0.2, -0.15) is 10.1 Å². The summed E-state index contributed by atoms with van der Waals surface area (Å²) in [7, 11) is 1.89. The summed E-state index contributed by atoms with van der Waals surface area (Å²) in [5.74, 6) is 1.95. The highest BCUT2D eigenvalue weighted by atomic mass is 16.5. The molecular formula is C15H20N8O. The highest BCUT2D eigenvalue weighted by Gasteiger charge is 2.24. The Labute approximate surface area is 139 Å². The van der Waals surface area contributed by atoms with Gasteiger partial charge in [0.15, 0.2) is 11.5 Å². The number of hydrogen-bond acceptors (Lipinski definition) is 8. The maximum Gasteiger partial charge on any atom is 0.324 e. The summed E-state index contributed by atoms with van der Waals surface area (Å²) in [6, 6.07) is 0.604. The number of anilines is 2. The Kier molecular flexibility index (Phi) is 3.55. The molecule has 4 rings (SSSR count). The van der Waals surface area contributed by atoms with E-state index in [-0.39, 0.29) is 5.92 Å². The van der Waals surface area contributed by atoms with E-state index in [9.17, 15) is 0 Å². The molecule has 0 aliphatic carbocycles. The van der Waals surface area contributed by atoms with Gasteiger partial charge in [0.05, 0.1) is 11.6 Å². The fraction of sp³-hybridized carbons (Fsp3) is 0.533. The SMILES string of the molecule is CC(C)c1noc(N2CCN(c3ncnc4c3cnn4C)CC2)n1. The molecule has 0 saturated carbocycles. The molecule has 4 heterocycles. The first-order chi connectivity index (χ1) is 11.6. The molecule has 0 spiro atoms. The number of fused-ring (bicyclic) bond motifs is 1. The molecular weight excluding hydrogens is 308 g/mol. The van der Waals surface area contributed by atoms with E-state index in [1.54, 1.807) is 11.0 Å². The van der Waals surface area contributed by atoms with E-state index in [0.717, 1.165) is 48.9 Å². The average Bonchev–Trinajstić information content (AvgIpc) is 3.23. The first-order valence-electron chi connectivity index (χ1n) is 8.09. The highest BCUT2D eigenvalue weighted by Crippen LogP contribution is 2.24. The van der Waals surface area contributed by atoms with Crippen LogP contribution in [0.2, 0.25) is 0 Å². The van der Waals surface area contributed by atoms with Crippen molar-refractivity contribution in [3.05, 3.63) is 18.3 Å². The Balaban J connectivity index is 1.51. The molecule has 0 bridgehead atoms. The number of aryl methyl sites for hydroxylation is 1. The second-order valence-corrected chi connectivity index (χ2v) is 6.27. The van der Waals surface area contributed by atoms with Gasteiger partial charge in [-0.1, -0.05) is 19.0 Å². The Morgan fingerprint density at radius 2 is 1.83 bits per heavy atom. The minimum Gasteiger partial charge on any atom is -0.352 e. The van der Waals surface area contributed by atoms with Gasteiger partial charge in [0.1, 0.15) is 12.1 Å². The van der Waals surface area contributed by atoms with Gasteiger partial charge in [0.25, 0.3) is 0 Å². The molecule has 0 N–H and O–H groups in total.